The molecule has 0 radical (unpaired) electrons. The van der Waals surface area contributed by atoms with Gasteiger partial charge >= 0.3 is 0 Å². The highest BCUT2D eigenvalue weighted by atomic mass is 19.1. The number of fused-ring (bicyclic) bond motifs is 1. The Hall–Kier alpha value is -4.82. The molecule has 2 aliphatic rings. The Bertz CT molecular complexity index is 1670. The molecule has 0 saturated carbocycles. The van der Waals surface area contributed by atoms with Crippen LogP contribution < -0.4 is 15.8 Å². The summed E-state index contributed by atoms with van der Waals surface area (Å²) in [6.45, 7) is 2.63. The van der Waals surface area contributed by atoms with Crippen LogP contribution in [0.5, 0.6) is 11.5 Å². The van der Waals surface area contributed by atoms with Gasteiger partial charge in [-0.3, -0.25) is 4.79 Å². The molecule has 2 aromatic carbocycles. The molecule has 1 amide bonds. The first-order chi connectivity index (χ1) is 20.5. The number of benzene rings is 2. The summed E-state index contributed by atoms with van der Waals surface area (Å²) in [7, 11) is 0. The van der Waals surface area contributed by atoms with Gasteiger partial charge in [-0.2, -0.15) is 10.4 Å². The fourth-order valence-electron chi connectivity index (χ4n) is 5.77. The van der Waals surface area contributed by atoms with Crippen LogP contribution in [0.15, 0.2) is 66.5 Å². The maximum atomic E-state index is 15.5. The molecule has 2 aromatic heterocycles. The molecule has 3 N–H and O–H groups in total. The predicted molar refractivity (Wildman–Crippen MR) is 156 cm³/mol. The summed E-state index contributed by atoms with van der Waals surface area (Å²) >= 11 is 0. The number of halogens is 1. The molecular formula is C31H31FN8O2. The van der Waals surface area contributed by atoms with E-state index in [9.17, 15) is 10.1 Å². The molecular weight excluding hydrogens is 535 g/mol. The summed E-state index contributed by atoms with van der Waals surface area (Å²) in [4.78, 5) is 23.8. The van der Waals surface area contributed by atoms with E-state index in [0.29, 0.717) is 41.3 Å². The molecule has 4 heterocycles. The Labute approximate surface area is 242 Å². The van der Waals surface area contributed by atoms with E-state index in [1.54, 1.807) is 33.8 Å². The Morgan fingerprint density at radius 3 is 2.71 bits per heavy atom. The quantitative estimate of drug-likeness (QED) is 0.248. The number of ether oxygens (including phenoxy) is 1. The number of carbonyl (C=O) groups excluding carboxylic acids is 1. The van der Waals surface area contributed by atoms with Crippen molar-refractivity contribution in [2.24, 2.45) is 5.92 Å². The van der Waals surface area contributed by atoms with Gasteiger partial charge in [-0.05, 0) is 69.0 Å². The number of carbonyl (C=O) groups is 1. The van der Waals surface area contributed by atoms with Crippen molar-refractivity contribution in [3.05, 3.63) is 72.3 Å². The first-order valence-electron chi connectivity index (χ1n) is 14.1. The van der Waals surface area contributed by atoms with Crippen molar-refractivity contribution < 1.29 is 13.9 Å². The molecule has 2 aliphatic heterocycles. The number of rotatable bonds is 7. The van der Waals surface area contributed by atoms with Gasteiger partial charge in [0.05, 0.1) is 18.0 Å². The van der Waals surface area contributed by atoms with Gasteiger partial charge in [0.15, 0.2) is 5.65 Å². The van der Waals surface area contributed by atoms with Crippen LogP contribution in [-0.2, 0) is 11.3 Å². The fraction of sp³-hybridized carbons (Fsp3) is 0.323. The molecule has 10 nitrogen and oxygen atoms in total. The zero-order valence-corrected chi connectivity index (χ0v) is 23.0. The lowest BCUT2D eigenvalue weighted by molar-refractivity contribution is -0.127. The molecule has 2 fully saturated rings. The Morgan fingerprint density at radius 2 is 1.95 bits per heavy atom. The summed E-state index contributed by atoms with van der Waals surface area (Å²) in [6.07, 6.45) is 6.54. The number of hydrogen-bond donors (Lipinski definition) is 2. The third-order valence-electron chi connectivity index (χ3n) is 7.89. The number of nitrogens with zero attached hydrogens (tertiary/aromatic N) is 6. The lowest BCUT2D eigenvalue weighted by Gasteiger charge is -2.25. The van der Waals surface area contributed by atoms with Crippen molar-refractivity contribution in [3.63, 3.8) is 0 Å². The maximum Gasteiger partial charge on any atom is 0.264 e. The van der Waals surface area contributed by atoms with Gasteiger partial charge in [0, 0.05) is 18.2 Å². The number of hydrogen-bond acceptors (Lipinski definition) is 8. The number of nitrogens with two attached hydrogens (primary N) is 1. The molecule has 0 aliphatic carbocycles. The van der Waals surface area contributed by atoms with Crippen LogP contribution in [0.4, 0.5) is 10.2 Å². The van der Waals surface area contributed by atoms with E-state index in [4.69, 9.17) is 15.6 Å². The summed E-state index contributed by atoms with van der Waals surface area (Å²) in [5.74, 6) is 0.546. The first kappa shape index (κ1) is 27.4. The van der Waals surface area contributed by atoms with Crippen LogP contribution in [-0.4, -0.2) is 56.2 Å². The molecule has 1 unspecified atom stereocenters. The number of piperidine rings is 1. The molecule has 1 atom stereocenters. The van der Waals surface area contributed by atoms with Crippen LogP contribution in [0.3, 0.4) is 0 Å². The third-order valence-corrected chi connectivity index (χ3v) is 7.89. The lowest BCUT2D eigenvalue weighted by atomic mass is 9.95. The van der Waals surface area contributed by atoms with Crippen LogP contribution in [0.2, 0.25) is 0 Å². The zero-order valence-electron chi connectivity index (χ0n) is 23.0. The van der Waals surface area contributed by atoms with Crippen LogP contribution >= 0.6 is 0 Å². The number of nitrogens with one attached hydrogen (secondary N) is 1. The third kappa shape index (κ3) is 5.53. The highest BCUT2D eigenvalue weighted by molar-refractivity contribution is 5.99. The molecule has 0 bridgehead atoms. The molecule has 214 valence electrons. The Kier molecular flexibility index (Phi) is 7.79. The minimum absolute atomic E-state index is 0.182. The number of anilines is 1. The number of amides is 1. The second-order valence-electron chi connectivity index (χ2n) is 10.6. The average molecular weight is 567 g/mol. The van der Waals surface area contributed by atoms with Crippen LogP contribution in [0.1, 0.15) is 25.7 Å². The molecule has 11 heteroatoms. The van der Waals surface area contributed by atoms with Crippen LogP contribution in [0, 0.1) is 23.1 Å². The van der Waals surface area contributed by atoms with E-state index in [1.807, 2.05) is 24.3 Å². The van der Waals surface area contributed by atoms with Gasteiger partial charge in [-0.1, -0.05) is 24.3 Å². The summed E-state index contributed by atoms with van der Waals surface area (Å²) in [6, 6.07) is 15.6. The maximum absolute atomic E-state index is 15.5. The molecule has 4 aromatic rings. The summed E-state index contributed by atoms with van der Waals surface area (Å²) in [5, 5.41) is 18.3. The Morgan fingerprint density at radius 1 is 1.14 bits per heavy atom. The fourth-order valence-corrected chi connectivity index (χ4v) is 5.77. The van der Waals surface area contributed by atoms with Crippen LogP contribution in [0.25, 0.3) is 22.3 Å². The highest BCUT2D eigenvalue weighted by Gasteiger charge is 2.33. The van der Waals surface area contributed by atoms with Crippen molar-refractivity contribution in [2.45, 2.75) is 38.3 Å². The highest BCUT2D eigenvalue weighted by Crippen LogP contribution is 2.35. The monoisotopic (exact) mass is 566 g/mol. The summed E-state index contributed by atoms with van der Waals surface area (Å²) in [5.41, 5.74) is 7.44. The van der Waals surface area contributed by atoms with Crippen molar-refractivity contribution in [3.8, 4) is 28.8 Å². The number of nitriles is 1. The number of aromatic nitrogens is 4. The van der Waals surface area contributed by atoms with E-state index < -0.39 is 5.82 Å². The topological polar surface area (TPSA) is 135 Å². The first-order valence-corrected chi connectivity index (χ1v) is 14.1. The smallest absolute Gasteiger partial charge is 0.264 e. The average Bonchev–Trinajstić information content (AvgIpc) is 3.62. The van der Waals surface area contributed by atoms with Gasteiger partial charge in [-0.15, -0.1) is 0 Å². The molecule has 0 spiro atoms. The van der Waals surface area contributed by atoms with Gasteiger partial charge in [0.2, 0.25) is 0 Å². The Balaban J connectivity index is 1.28. The number of likely N-dealkylation sites (tertiary alicyclic amines) is 1. The standard InChI is InChI=1S/C31H31FN8O2/c32-26-16-24(42-23-6-2-1-3-7-23)8-9-25(26)28-27-29(34)36-19-37-30(27)40(38-28)18-22-5-4-14-39(22)31(41)21(17-33)15-20-10-12-35-13-11-20/h1-3,6-9,15-16,19-20,22,35H,4-5,10-14,18H2,(H2,34,36,37). The van der Waals surface area contributed by atoms with E-state index in [2.05, 4.69) is 21.4 Å². The minimum Gasteiger partial charge on any atom is -0.457 e. The largest absolute Gasteiger partial charge is 0.457 e. The normalized spacial score (nSPS) is 17.9. The van der Waals surface area contributed by atoms with Gasteiger partial charge in [0.1, 0.15) is 46.8 Å². The second kappa shape index (κ2) is 12.0. The van der Waals surface area contributed by atoms with Gasteiger partial charge in [0.25, 0.3) is 5.91 Å². The molecule has 6 rings (SSSR count). The van der Waals surface area contributed by atoms with Crippen molar-refractivity contribution >= 4 is 22.8 Å². The second-order valence-corrected chi connectivity index (χ2v) is 10.6. The van der Waals surface area contributed by atoms with E-state index in [1.165, 1.54) is 12.4 Å². The number of allylic oxidation sites excluding steroid dienone is 1. The zero-order chi connectivity index (χ0) is 29.1. The van der Waals surface area contributed by atoms with Crippen molar-refractivity contribution in [2.75, 3.05) is 25.4 Å². The van der Waals surface area contributed by atoms with Gasteiger partial charge in [-0.25, -0.2) is 19.0 Å². The number of para-hydroxylation sites is 1. The predicted octanol–water partition coefficient (Wildman–Crippen LogP) is 4.45. The minimum atomic E-state index is -0.530. The van der Waals surface area contributed by atoms with Gasteiger partial charge < -0.3 is 20.7 Å². The lowest BCUT2D eigenvalue weighted by Crippen LogP contribution is -2.39. The summed E-state index contributed by atoms with van der Waals surface area (Å²) < 4.78 is 22.9. The SMILES string of the molecule is N#CC(=CC1CCNCC1)C(=O)N1CCCC1Cn1nc(-c2ccc(Oc3ccccc3)cc2F)c2c(N)ncnc21. The van der Waals surface area contributed by atoms with Crippen molar-refractivity contribution in [1.82, 2.24) is 30.0 Å². The van der Waals surface area contributed by atoms with E-state index in [0.717, 1.165) is 38.8 Å². The molecule has 2 saturated heterocycles. The van der Waals surface area contributed by atoms with E-state index >= 15 is 4.39 Å². The molecule has 42 heavy (non-hydrogen) atoms. The van der Waals surface area contributed by atoms with Crippen molar-refractivity contribution in [1.29, 1.82) is 5.26 Å². The van der Waals surface area contributed by atoms with E-state index in [-0.39, 0.29) is 34.8 Å². The number of nitrogen functional groups attached to an aromatic ring is 1.